The third-order valence-corrected chi connectivity index (χ3v) is 3.65. The van der Waals surface area contributed by atoms with E-state index in [0.29, 0.717) is 21.5 Å². The van der Waals surface area contributed by atoms with Gasteiger partial charge in [0.25, 0.3) is 5.91 Å². The lowest BCUT2D eigenvalue weighted by Gasteiger charge is -2.08. The van der Waals surface area contributed by atoms with Crippen LogP contribution in [-0.4, -0.2) is 25.1 Å². The van der Waals surface area contributed by atoms with E-state index < -0.39 is 18.5 Å². The predicted molar refractivity (Wildman–Crippen MR) is 92.7 cm³/mol. The van der Waals surface area contributed by atoms with Gasteiger partial charge < -0.3 is 14.8 Å². The van der Waals surface area contributed by atoms with Crippen LogP contribution in [-0.2, 0) is 14.3 Å². The van der Waals surface area contributed by atoms with Crippen LogP contribution >= 0.6 is 23.2 Å². The molecule has 2 rings (SSSR count). The number of carbonyl (C=O) groups is 2. The van der Waals surface area contributed by atoms with Gasteiger partial charge in [0.2, 0.25) is 0 Å². The van der Waals surface area contributed by atoms with Crippen LogP contribution in [0.3, 0.4) is 0 Å². The summed E-state index contributed by atoms with van der Waals surface area (Å²) in [6.45, 7) is 1.22. The van der Waals surface area contributed by atoms with Gasteiger partial charge >= 0.3 is 5.97 Å². The molecular formula is C17H15Cl2NO4. The minimum absolute atomic E-state index is 0.274. The SMILES string of the molecule is Cc1cccc(OCC(=O)OCC(=O)Nc2ccc(Cl)c(Cl)c2)c1. The maximum Gasteiger partial charge on any atom is 0.344 e. The Morgan fingerprint density at radius 2 is 1.83 bits per heavy atom. The summed E-state index contributed by atoms with van der Waals surface area (Å²) in [6.07, 6.45) is 0. The van der Waals surface area contributed by atoms with E-state index in [2.05, 4.69) is 5.32 Å². The molecule has 0 atom stereocenters. The third-order valence-electron chi connectivity index (χ3n) is 2.91. The van der Waals surface area contributed by atoms with Crippen LogP contribution in [0.25, 0.3) is 0 Å². The van der Waals surface area contributed by atoms with Gasteiger partial charge in [-0.25, -0.2) is 4.79 Å². The second kappa shape index (κ2) is 8.57. The monoisotopic (exact) mass is 367 g/mol. The van der Waals surface area contributed by atoms with E-state index in [1.165, 1.54) is 6.07 Å². The highest BCUT2D eigenvalue weighted by Crippen LogP contribution is 2.24. The van der Waals surface area contributed by atoms with E-state index in [1.807, 2.05) is 19.1 Å². The van der Waals surface area contributed by atoms with Gasteiger partial charge in [0.1, 0.15) is 5.75 Å². The van der Waals surface area contributed by atoms with Crippen molar-refractivity contribution < 1.29 is 19.1 Å². The molecule has 0 bridgehead atoms. The van der Waals surface area contributed by atoms with Crippen molar-refractivity contribution in [2.45, 2.75) is 6.92 Å². The molecule has 2 aromatic carbocycles. The number of amides is 1. The predicted octanol–water partition coefficient (Wildman–Crippen LogP) is 3.86. The average Bonchev–Trinajstić information content (AvgIpc) is 2.54. The number of anilines is 1. The van der Waals surface area contributed by atoms with Crippen LogP contribution < -0.4 is 10.1 Å². The van der Waals surface area contributed by atoms with Crippen LogP contribution in [0.15, 0.2) is 42.5 Å². The highest BCUT2D eigenvalue weighted by Gasteiger charge is 2.09. The fourth-order valence-corrected chi connectivity index (χ4v) is 2.10. The van der Waals surface area contributed by atoms with Crippen molar-refractivity contribution in [3.8, 4) is 5.75 Å². The Labute approximate surface area is 149 Å². The Balaban J connectivity index is 1.74. The molecule has 0 saturated heterocycles. The molecule has 126 valence electrons. The minimum atomic E-state index is -0.638. The van der Waals surface area contributed by atoms with Gasteiger partial charge in [0.15, 0.2) is 13.2 Å². The molecule has 0 unspecified atom stereocenters. The number of benzene rings is 2. The van der Waals surface area contributed by atoms with Crippen molar-refractivity contribution in [2.24, 2.45) is 0 Å². The minimum Gasteiger partial charge on any atom is -0.482 e. The Hall–Kier alpha value is -2.24. The molecule has 0 saturated carbocycles. The summed E-state index contributed by atoms with van der Waals surface area (Å²) in [6, 6.07) is 11.9. The van der Waals surface area contributed by atoms with Gasteiger partial charge in [0.05, 0.1) is 10.0 Å². The normalized spacial score (nSPS) is 10.1. The lowest BCUT2D eigenvalue weighted by atomic mass is 10.2. The van der Waals surface area contributed by atoms with Crippen LogP contribution in [0.1, 0.15) is 5.56 Å². The van der Waals surface area contributed by atoms with E-state index in [9.17, 15) is 9.59 Å². The summed E-state index contributed by atoms with van der Waals surface area (Å²) < 4.78 is 10.1. The first-order valence-electron chi connectivity index (χ1n) is 7.04. The molecule has 0 aromatic heterocycles. The molecule has 7 heteroatoms. The zero-order valence-electron chi connectivity index (χ0n) is 12.8. The lowest BCUT2D eigenvalue weighted by molar-refractivity contribution is -0.149. The maximum absolute atomic E-state index is 11.7. The number of ether oxygens (including phenoxy) is 2. The fraction of sp³-hybridized carbons (Fsp3) is 0.176. The van der Waals surface area contributed by atoms with Gasteiger partial charge in [-0.1, -0.05) is 35.3 Å². The zero-order valence-corrected chi connectivity index (χ0v) is 14.4. The first-order chi connectivity index (χ1) is 11.4. The number of hydrogen-bond acceptors (Lipinski definition) is 4. The highest BCUT2D eigenvalue weighted by molar-refractivity contribution is 6.42. The van der Waals surface area contributed by atoms with Gasteiger partial charge in [-0.15, -0.1) is 0 Å². The lowest BCUT2D eigenvalue weighted by Crippen LogP contribution is -2.23. The van der Waals surface area contributed by atoms with Crippen molar-refractivity contribution in [1.29, 1.82) is 0 Å². The third kappa shape index (κ3) is 5.76. The quantitative estimate of drug-likeness (QED) is 0.787. The second-order valence-corrected chi connectivity index (χ2v) is 5.76. The number of rotatable bonds is 6. The summed E-state index contributed by atoms with van der Waals surface area (Å²) in [4.78, 5) is 23.3. The van der Waals surface area contributed by atoms with Crippen molar-refractivity contribution >= 4 is 40.8 Å². The second-order valence-electron chi connectivity index (χ2n) is 4.94. The van der Waals surface area contributed by atoms with E-state index in [0.717, 1.165) is 5.56 Å². The molecule has 0 aliphatic rings. The summed E-state index contributed by atoms with van der Waals surface area (Å²) >= 11 is 11.6. The van der Waals surface area contributed by atoms with Gasteiger partial charge in [-0.3, -0.25) is 4.79 Å². The summed E-state index contributed by atoms with van der Waals surface area (Å²) in [7, 11) is 0. The first kappa shape index (κ1) is 18.1. The molecule has 0 radical (unpaired) electrons. The van der Waals surface area contributed by atoms with Crippen molar-refractivity contribution in [3.05, 3.63) is 58.1 Å². The summed E-state index contributed by atoms with van der Waals surface area (Å²) in [5.74, 6) is -0.565. The van der Waals surface area contributed by atoms with Crippen LogP contribution in [0.2, 0.25) is 10.0 Å². The largest absolute Gasteiger partial charge is 0.482 e. The Morgan fingerprint density at radius 1 is 1.04 bits per heavy atom. The Kier molecular flexibility index (Phi) is 6.46. The fourth-order valence-electron chi connectivity index (χ4n) is 1.81. The molecule has 2 aromatic rings. The molecule has 1 amide bonds. The van der Waals surface area contributed by atoms with Crippen LogP contribution in [0.5, 0.6) is 5.75 Å². The van der Waals surface area contributed by atoms with E-state index in [1.54, 1.807) is 24.3 Å². The van der Waals surface area contributed by atoms with Gasteiger partial charge in [-0.2, -0.15) is 0 Å². The van der Waals surface area contributed by atoms with Crippen molar-refractivity contribution in [2.75, 3.05) is 18.5 Å². The highest BCUT2D eigenvalue weighted by atomic mass is 35.5. The van der Waals surface area contributed by atoms with E-state index in [4.69, 9.17) is 32.7 Å². The summed E-state index contributed by atoms with van der Waals surface area (Å²) in [5.41, 5.74) is 1.48. The number of carbonyl (C=O) groups excluding carboxylic acids is 2. The summed E-state index contributed by atoms with van der Waals surface area (Å²) in [5, 5.41) is 3.25. The standard InChI is InChI=1S/C17H15Cl2NO4/c1-11-3-2-4-13(7-11)23-10-17(22)24-9-16(21)20-12-5-6-14(18)15(19)8-12/h2-8H,9-10H2,1H3,(H,20,21). The van der Waals surface area contributed by atoms with Gasteiger partial charge in [-0.05, 0) is 42.8 Å². The molecule has 0 spiro atoms. The van der Waals surface area contributed by atoms with Crippen LogP contribution in [0.4, 0.5) is 5.69 Å². The molecule has 5 nitrogen and oxygen atoms in total. The molecule has 0 heterocycles. The topological polar surface area (TPSA) is 64.6 Å². The van der Waals surface area contributed by atoms with Gasteiger partial charge in [0, 0.05) is 5.69 Å². The van der Waals surface area contributed by atoms with Crippen LogP contribution in [0, 0.1) is 6.92 Å². The number of esters is 1. The molecular weight excluding hydrogens is 353 g/mol. The molecule has 0 fully saturated rings. The molecule has 0 aliphatic heterocycles. The molecule has 0 aliphatic carbocycles. The number of halogens is 2. The number of nitrogens with one attached hydrogen (secondary N) is 1. The van der Waals surface area contributed by atoms with E-state index >= 15 is 0 Å². The van der Waals surface area contributed by atoms with Crippen molar-refractivity contribution in [1.82, 2.24) is 0 Å². The van der Waals surface area contributed by atoms with E-state index in [-0.39, 0.29) is 6.61 Å². The van der Waals surface area contributed by atoms with Crippen molar-refractivity contribution in [3.63, 3.8) is 0 Å². The number of hydrogen-bond donors (Lipinski definition) is 1. The number of aryl methyl sites for hydroxylation is 1. The smallest absolute Gasteiger partial charge is 0.344 e. The first-order valence-corrected chi connectivity index (χ1v) is 7.79. The molecule has 1 N–H and O–H groups in total. The molecule has 24 heavy (non-hydrogen) atoms. The zero-order chi connectivity index (χ0) is 17.5. The maximum atomic E-state index is 11.7. The Bertz CT molecular complexity index is 749. The average molecular weight is 368 g/mol. The Morgan fingerprint density at radius 3 is 2.54 bits per heavy atom.